The number of amides is 1. The number of nitrogens with two attached hydrogens (primary N) is 1. The smallest absolute Gasteiger partial charge is 0.244 e. The molecule has 4 aliphatic rings. The van der Waals surface area contributed by atoms with E-state index in [-0.39, 0.29) is 16.7 Å². The lowest BCUT2D eigenvalue weighted by atomic mass is 9.32. The van der Waals surface area contributed by atoms with E-state index in [1.807, 2.05) is 53.2 Å². The number of hydrogen-bond acceptors (Lipinski definition) is 2. The predicted molar refractivity (Wildman–Crippen MR) is 119 cm³/mol. The predicted octanol–water partition coefficient (Wildman–Crippen LogP) is 4.71. The highest BCUT2D eigenvalue weighted by molar-refractivity contribution is 5.87. The average molecular weight is 418 g/mol. The molecule has 3 N–H and O–H groups in total. The molecule has 1 aromatic carbocycles. The molecular formula is C26H28FN3O. The number of allylic oxidation sites excluding steroid dienone is 3. The lowest BCUT2D eigenvalue weighted by molar-refractivity contribution is -0.221. The van der Waals surface area contributed by atoms with E-state index in [4.69, 9.17) is 5.73 Å². The van der Waals surface area contributed by atoms with Gasteiger partial charge in [0.15, 0.2) is 0 Å². The van der Waals surface area contributed by atoms with Gasteiger partial charge in [-0.05, 0) is 91.2 Å². The van der Waals surface area contributed by atoms with Crippen molar-refractivity contribution < 1.29 is 9.18 Å². The zero-order valence-corrected chi connectivity index (χ0v) is 17.6. The van der Waals surface area contributed by atoms with Gasteiger partial charge in [0.05, 0.1) is 6.54 Å². The molecule has 1 spiro atoms. The average Bonchev–Trinajstić information content (AvgIpc) is 3.37. The third-order valence-electron chi connectivity index (χ3n) is 8.64. The molecule has 4 nitrogen and oxygen atoms in total. The molecule has 0 radical (unpaired) electrons. The van der Waals surface area contributed by atoms with Gasteiger partial charge in [-0.25, -0.2) is 4.39 Å². The van der Waals surface area contributed by atoms with Gasteiger partial charge in [0.25, 0.3) is 0 Å². The number of alkyl halides is 1. The number of nitrogens with zero attached hydrogens (tertiary/aromatic N) is 1. The fraction of sp³-hybridized carbons (Fsp3) is 0.423. The fourth-order valence-corrected chi connectivity index (χ4v) is 7.57. The Hall–Kier alpha value is -2.82. The normalized spacial score (nSPS) is 37.1. The molecule has 5 unspecified atom stereocenters. The highest BCUT2D eigenvalue weighted by Gasteiger charge is 2.83. The summed E-state index contributed by atoms with van der Waals surface area (Å²) in [6, 6.07) is 11.6. The first-order valence-corrected chi connectivity index (χ1v) is 11.3. The number of halogens is 1. The number of aromatic nitrogens is 1. The number of anilines is 1. The molecule has 5 atom stereocenters. The van der Waals surface area contributed by atoms with Crippen molar-refractivity contribution in [2.24, 2.45) is 22.7 Å². The van der Waals surface area contributed by atoms with Crippen LogP contribution in [0.15, 0.2) is 66.9 Å². The van der Waals surface area contributed by atoms with Crippen LogP contribution in [-0.4, -0.2) is 16.1 Å². The quantitative estimate of drug-likeness (QED) is 0.406. The number of carbonyl (C=O) groups excluding carboxylic acids is 1. The standard InChI is InChI=1S/C26H28FN3O/c27-25-14-19-12-18-13-24(16-25,26(18,19)17-25)10-2-1-5-23(31)29-15-22-4-3-11-30(22)21-8-6-20(28)7-9-21/h1-11,18-19H,12-17,28H2,(H,29,31)/b5-1+,10-2+. The molecule has 1 amide bonds. The Labute approximate surface area is 182 Å². The molecule has 160 valence electrons. The molecule has 31 heavy (non-hydrogen) atoms. The third kappa shape index (κ3) is 2.61. The lowest BCUT2D eigenvalue weighted by Gasteiger charge is -2.72. The Morgan fingerprint density at radius 3 is 2.74 bits per heavy atom. The van der Waals surface area contributed by atoms with Gasteiger partial charge in [-0.3, -0.25) is 4.79 Å². The first-order valence-electron chi connectivity index (χ1n) is 11.3. The molecule has 4 fully saturated rings. The SMILES string of the molecule is Nc1ccc(-n2cccc2CNC(=O)/C=C/C=C/C23CC4CC5CC(F)(C2)CC543)cc1. The van der Waals surface area contributed by atoms with Crippen LogP contribution in [0.5, 0.6) is 0 Å². The van der Waals surface area contributed by atoms with Crippen LogP contribution in [0.3, 0.4) is 0 Å². The molecular weight excluding hydrogens is 389 g/mol. The molecule has 5 heteroatoms. The fourth-order valence-electron chi connectivity index (χ4n) is 7.57. The summed E-state index contributed by atoms with van der Waals surface area (Å²) < 4.78 is 17.1. The Bertz CT molecular complexity index is 1100. The van der Waals surface area contributed by atoms with Crippen molar-refractivity contribution in [1.82, 2.24) is 9.88 Å². The molecule has 0 saturated heterocycles. The van der Waals surface area contributed by atoms with Crippen LogP contribution in [-0.2, 0) is 11.3 Å². The number of nitrogens with one attached hydrogen (secondary N) is 1. The van der Waals surface area contributed by atoms with E-state index >= 15 is 4.39 Å². The molecule has 2 bridgehead atoms. The van der Waals surface area contributed by atoms with Gasteiger partial charge in [-0.2, -0.15) is 0 Å². The first-order chi connectivity index (χ1) is 14.9. The van der Waals surface area contributed by atoms with Crippen LogP contribution < -0.4 is 11.1 Å². The second-order valence-electron chi connectivity index (χ2n) is 10.1. The monoisotopic (exact) mass is 417 g/mol. The Morgan fingerprint density at radius 2 is 1.97 bits per heavy atom. The minimum Gasteiger partial charge on any atom is -0.399 e. The lowest BCUT2D eigenvalue weighted by Crippen LogP contribution is -2.66. The highest BCUT2D eigenvalue weighted by atomic mass is 19.1. The summed E-state index contributed by atoms with van der Waals surface area (Å²) >= 11 is 0. The van der Waals surface area contributed by atoms with Crippen LogP contribution >= 0.6 is 0 Å². The topological polar surface area (TPSA) is 60.0 Å². The van der Waals surface area contributed by atoms with Crippen LogP contribution in [0.4, 0.5) is 10.1 Å². The van der Waals surface area contributed by atoms with Crippen LogP contribution in [0.1, 0.15) is 37.8 Å². The van der Waals surface area contributed by atoms with Crippen molar-refractivity contribution in [2.45, 2.75) is 44.3 Å². The van der Waals surface area contributed by atoms with Crippen molar-refractivity contribution in [3.63, 3.8) is 0 Å². The summed E-state index contributed by atoms with van der Waals surface area (Å²) in [5.74, 6) is 1.21. The number of hydrogen-bond donors (Lipinski definition) is 2. The number of fused-ring (bicyclic) bond motifs is 1. The minimum absolute atomic E-state index is 0.0499. The van der Waals surface area contributed by atoms with Crippen molar-refractivity contribution >= 4 is 11.6 Å². The van der Waals surface area contributed by atoms with Gasteiger partial charge in [0, 0.05) is 29.3 Å². The van der Waals surface area contributed by atoms with E-state index in [0.29, 0.717) is 18.9 Å². The molecule has 2 aromatic rings. The maximum atomic E-state index is 15.1. The summed E-state index contributed by atoms with van der Waals surface area (Å²) in [5.41, 5.74) is 7.86. The Kier molecular flexibility index (Phi) is 3.87. The van der Waals surface area contributed by atoms with E-state index in [1.165, 1.54) is 6.42 Å². The van der Waals surface area contributed by atoms with Crippen molar-refractivity contribution in [3.05, 3.63) is 72.6 Å². The van der Waals surface area contributed by atoms with Gasteiger partial charge in [0.2, 0.25) is 5.91 Å². The summed E-state index contributed by atoms with van der Waals surface area (Å²) in [6.07, 6.45) is 14.1. The maximum absolute atomic E-state index is 15.1. The largest absolute Gasteiger partial charge is 0.399 e. The maximum Gasteiger partial charge on any atom is 0.244 e. The minimum atomic E-state index is -0.930. The van der Waals surface area contributed by atoms with Crippen LogP contribution in [0, 0.1) is 22.7 Å². The molecule has 0 aliphatic heterocycles. The molecule has 1 heterocycles. The van der Waals surface area contributed by atoms with Crippen molar-refractivity contribution in [1.29, 1.82) is 0 Å². The van der Waals surface area contributed by atoms with Crippen molar-refractivity contribution in [3.8, 4) is 5.69 Å². The van der Waals surface area contributed by atoms with Gasteiger partial charge >= 0.3 is 0 Å². The number of rotatable bonds is 6. The summed E-state index contributed by atoms with van der Waals surface area (Å²) in [6.45, 7) is 0.436. The zero-order valence-electron chi connectivity index (χ0n) is 17.6. The van der Waals surface area contributed by atoms with Gasteiger partial charge in [0.1, 0.15) is 5.67 Å². The third-order valence-corrected chi connectivity index (χ3v) is 8.64. The Morgan fingerprint density at radius 1 is 1.16 bits per heavy atom. The second kappa shape index (κ2) is 6.35. The summed E-state index contributed by atoms with van der Waals surface area (Å²) in [5, 5.41) is 2.95. The Balaban J connectivity index is 1.07. The van der Waals surface area contributed by atoms with Gasteiger partial charge in [-0.1, -0.05) is 18.2 Å². The number of nitrogen functional groups attached to an aromatic ring is 1. The van der Waals surface area contributed by atoms with Crippen LogP contribution in [0.2, 0.25) is 0 Å². The zero-order chi connectivity index (χ0) is 21.3. The van der Waals surface area contributed by atoms with Gasteiger partial charge < -0.3 is 15.6 Å². The van der Waals surface area contributed by atoms with Crippen molar-refractivity contribution in [2.75, 3.05) is 5.73 Å². The van der Waals surface area contributed by atoms with Gasteiger partial charge in [-0.15, -0.1) is 0 Å². The van der Waals surface area contributed by atoms with E-state index < -0.39 is 5.67 Å². The summed E-state index contributed by atoms with van der Waals surface area (Å²) in [7, 11) is 0. The van der Waals surface area contributed by atoms with E-state index in [2.05, 4.69) is 11.4 Å². The molecule has 4 aliphatic carbocycles. The van der Waals surface area contributed by atoms with Crippen LogP contribution in [0.25, 0.3) is 5.69 Å². The summed E-state index contributed by atoms with van der Waals surface area (Å²) in [4.78, 5) is 12.3. The number of benzene rings is 1. The first kappa shape index (κ1) is 18.9. The second-order valence-corrected chi connectivity index (χ2v) is 10.1. The van der Waals surface area contributed by atoms with E-state index in [1.54, 1.807) is 12.2 Å². The number of carbonyl (C=O) groups is 1. The molecule has 6 rings (SSSR count). The molecule has 4 saturated carbocycles. The molecule has 1 aromatic heterocycles. The highest BCUT2D eigenvalue weighted by Crippen LogP contribution is 2.88. The van der Waals surface area contributed by atoms with E-state index in [0.717, 1.165) is 42.2 Å². The van der Waals surface area contributed by atoms with E-state index in [9.17, 15) is 4.79 Å².